The first kappa shape index (κ1) is 58.4. The molecule has 0 bridgehead atoms. The van der Waals surface area contributed by atoms with Gasteiger partial charge in [0.1, 0.15) is 54.9 Å². The van der Waals surface area contributed by atoms with Crippen LogP contribution < -0.4 is 17.2 Å². The topological polar surface area (TPSA) is 561 Å². The molecule has 3 amide bonds. The molecule has 0 aromatic rings. The van der Waals surface area contributed by atoms with Crippen LogP contribution in [0.2, 0.25) is 0 Å². The second-order valence-corrected chi connectivity index (χ2v) is 16.8. The number of hydrogen-bond donors (Lipinski definition) is 19. The first-order valence-corrected chi connectivity index (χ1v) is 20.8. The van der Waals surface area contributed by atoms with Crippen LogP contribution in [-0.2, 0) is 28.8 Å². The average Bonchev–Trinajstić information content (AvgIpc) is 3.29. The number of amides is 3. The van der Waals surface area contributed by atoms with Crippen molar-refractivity contribution in [2.75, 3.05) is 80.2 Å². The Morgan fingerprint density at radius 1 is 0.529 bits per heavy atom. The highest BCUT2D eigenvalue weighted by atomic mass is 16.4. The van der Waals surface area contributed by atoms with Crippen LogP contribution in [0, 0.1) is 0 Å². The molecule has 14 atom stereocenters. The van der Waals surface area contributed by atoms with E-state index in [0.29, 0.717) is 29.4 Å². The number of β-amino-alcohol motifs (C(OH)–C–C–N with tert-alkyl or cyclic N) is 3. The monoisotopic (exact) mass is 1010 g/mol. The largest absolute Gasteiger partial charge is 0.480 e. The maximum atomic E-state index is 13.6. The van der Waals surface area contributed by atoms with Gasteiger partial charge in [0.15, 0.2) is 23.9 Å². The third-order valence-electron chi connectivity index (χ3n) is 12.2. The molecule has 14 unspecified atom stereocenters. The molecule has 0 aromatic carbocycles. The quantitative estimate of drug-likeness (QED) is 0.0475. The number of rotatable bonds is 17. The molecule has 3 aliphatic heterocycles. The summed E-state index contributed by atoms with van der Waals surface area (Å²) in [7, 11) is 2.74. The maximum Gasteiger partial charge on any atom is 0.358 e. The number of carbonyl (C=O) groups is 6. The number of carboxylic acids is 3. The third-order valence-corrected chi connectivity index (χ3v) is 12.2. The zero-order chi connectivity index (χ0) is 53.7. The van der Waals surface area contributed by atoms with Crippen LogP contribution in [0.3, 0.4) is 0 Å². The first-order chi connectivity index (χ1) is 32.4. The summed E-state index contributed by atoms with van der Waals surface area (Å²) in [6, 6.07) is -7.99. The van der Waals surface area contributed by atoms with Crippen LogP contribution in [-0.4, -0.2) is 335 Å². The number of nitrogens with zero attached hydrogens (tertiary/aromatic N) is 9. The number of likely N-dealkylation sites (tertiary alicyclic amines) is 3. The van der Waals surface area contributed by atoms with E-state index in [-0.39, 0.29) is 0 Å². The van der Waals surface area contributed by atoms with Crippen LogP contribution >= 0.6 is 0 Å². The summed E-state index contributed by atoms with van der Waals surface area (Å²) in [5.74, 6) is -15.0. The van der Waals surface area contributed by atoms with E-state index < -0.39 is 203 Å². The van der Waals surface area contributed by atoms with Gasteiger partial charge in [-0.2, -0.15) is 0 Å². The van der Waals surface area contributed by atoms with Crippen molar-refractivity contribution < 1.29 is 110 Å². The van der Waals surface area contributed by atoms with E-state index in [1.54, 1.807) is 0 Å². The number of hydrogen-bond acceptors (Lipinski definition) is 22. The van der Waals surface area contributed by atoms with Gasteiger partial charge >= 0.3 is 17.9 Å². The minimum Gasteiger partial charge on any atom is -0.480 e. The molecule has 22 N–H and O–H groups in total. The minimum atomic E-state index is -4.61. The number of piperidine rings is 3. The molecular formula is C36H62N12O22. The molecule has 34 heteroatoms. The lowest BCUT2D eigenvalue weighted by molar-refractivity contribution is -0.184. The van der Waals surface area contributed by atoms with Crippen molar-refractivity contribution >= 4 is 53.5 Å². The van der Waals surface area contributed by atoms with E-state index in [1.807, 2.05) is 0 Å². The summed E-state index contributed by atoms with van der Waals surface area (Å²) in [6.45, 7) is -8.03. The van der Waals surface area contributed by atoms with Gasteiger partial charge in [-0.05, 0) is 0 Å². The van der Waals surface area contributed by atoms with Crippen LogP contribution in [0.5, 0.6) is 0 Å². The lowest BCUT2D eigenvalue weighted by Gasteiger charge is -2.43. The predicted molar refractivity (Wildman–Crippen MR) is 229 cm³/mol. The number of likely N-dealkylation sites (N-methyl/N-ethyl adjacent to an activating group) is 3. The highest BCUT2D eigenvalue weighted by Gasteiger charge is 2.70. The fourth-order valence-corrected chi connectivity index (χ4v) is 7.83. The molecule has 0 aromatic heterocycles. The molecule has 0 saturated carbocycles. The second kappa shape index (κ2) is 23.3. The molecule has 3 heterocycles. The Hall–Kier alpha value is -5.89. The molecule has 3 saturated heterocycles. The number of aliphatic hydroxyl groups excluding tert-OH is 12. The van der Waals surface area contributed by atoms with Crippen molar-refractivity contribution in [2.24, 2.45) is 32.2 Å². The minimum absolute atomic E-state index is 0.551. The van der Waals surface area contributed by atoms with Crippen LogP contribution in [0.15, 0.2) is 15.0 Å². The highest BCUT2D eigenvalue weighted by molar-refractivity contribution is 6.02. The maximum absolute atomic E-state index is 13.6. The van der Waals surface area contributed by atoms with Crippen molar-refractivity contribution in [1.29, 1.82) is 0 Å². The molecule has 0 aliphatic carbocycles. The lowest BCUT2D eigenvalue weighted by atomic mass is 9.81. The first-order valence-electron chi connectivity index (χ1n) is 20.8. The van der Waals surface area contributed by atoms with Crippen molar-refractivity contribution in [3.63, 3.8) is 0 Å². The Bertz CT molecular complexity index is 1950. The Morgan fingerprint density at radius 2 is 0.814 bits per heavy atom. The number of guanidine groups is 3. The fraction of sp³-hybridized carbons (Fsp3) is 0.750. The highest BCUT2D eigenvalue weighted by Crippen LogP contribution is 2.36. The molecule has 34 nitrogen and oxygen atoms in total. The number of nitrogens with two attached hydrogens (primary N) is 3. The average molecular weight is 1010 g/mol. The summed E-state index contributed by atoms with van der Waals surface area (Å²) in [6.07, 6.45) is -16.4. The molecular weight excluding hydrogens is 952 g/mol. The van der Waals surface area contributed by atoms with Crippen molar-refractivity contribution in [3.05, 3.63) is 0 Å². The molecule has 0 spiro atoms. The number of carbonyl (C=O) groups excluding carboxylic acids is 3. The van der Waals surface area contributed by atoms with Crippen LogP contribution in [0.4, 0.5) is 0 Å². The van der Waals surface area contributed by atoms with E-state index in [2.05, 4.69) is 15.0 Å². The molecule has 398 valence electrons. The van der Waals surface area contributed by atoms with E-state index in [4.69, 9.17) is 17.2 Å². The fourth-order valence-electron chi connectivity index (χ4n) is 7.83. The van der Waals surface area contributed by atoms with Gasteiger partial charge in [0.05, 0.1) is 57.6 Å². The van der Waals surface area contributed by atoms with E-state index >= 15 is 0 Å². The predicted octanol–water partition coefficient (Wildman–Crippen LogP) is -14.4. The molecule has 70 heavy (non-hydrogen) atoms. The number of aliphatic hydroxyl groups is 13. The summed E-state index contributed by atoms with van der Waals surface area (Å²) in [4.78, 5) is 94.9. The van der Waals surface area contributed by atoms with Gasteiger partial charge in [-0.15, -0.1) is 0 Å². The summed E-state index contributed by atoms with van der Waals surface area (Å²) < 4.78 is 0. The van der Waals surface area contributed by atoms with Crippen LogP contribution in [0.1, 0.15) is 0 Å². The summed E-state index contributed by atoms with van der Waals surface area (Å²) in [5.41, 5.74) is 9.26. The SMILES string of the molecule is CN(CC(=O)N1CC(O)C(O)C(O)C1CO)C(N)=NC(C(=O)O)C(O)(C(=O)O)C(N=C(N)N(C)CC(=O)N1CC(O)C(O)C(O)C1CO)(N=C(N)N(C)CC(=O)N1CC(O)C(O)C(O)C1CO)C(=O)O. The zero-order valence-electron chi connectivity index (χ0n) is 37.7. The van der Waals surface area contributed by atoms with E-state index in [1.165, 1.54) is 0 Å². The van der Waals surface area contributed by atoms with E-state index in [0.717, 1.165) is 21.1 Å². The van der Waals surface area contributed by atoms with Gasteiger partial charge in [0.2, 0.25) is 17.7 Å². The van der Waals surface area contributed by atoms with E-state index in [9.17, 15) is 110 Å². The van der Waals surface area contributed by atoms with Crippen molar-refractivity contribution in [2.45, 2.75) is 90.4 Å². The zero-order valence-corrected chi connectivity index (χ0v) is 37.7. The Balaban J connectivity index is 2.24. The van der Waals surface area contributed by atoms with Gasteiger partial charge < -0.3 is 128 Å². The summed E-state index contributed by atoms with van der Waals surface area (Å²) in [5, 5.41) is 166. The Morgan fingerprint density at radius 3 is 1.06 bits per heavy atom. The van der Waals surface area contributed by atoms with Crippen molar-refractivity contribution in [1.82, 2.24) is 29.4 Å². The smallest absolute Gasteiger partial charge is 0.358 e. The second-order valence-electron chi connectivity index (χ2n) is 16.8. The standard InChI is InChI=1S/C36H62N12O22/c1-43(7-19(55)46-4-16(52)25(61)22(58)13(46)10-49)32(37)40-28(29(64)65)35(70,30(66)67)36(31(68)69,41-33(38)44(2)8-20(56)47-5-17(53)26(62)23(59)14(47)11-50)42-34(39)45(3)9-21(57)48-6-18(54)27(63)24(60)15(48)12-51/h13-18,22-28,49-54,58-63,70H,4-12H2,1-3H3,(H2,37,40)(H2,38,41)(H2,39,42)(H,64,65)(H,66,67)(H,68,69). The Labute approximate surface area is 395 Å². The van der Waals surface area contributed by atoms with Gasteiger partial charge in [-0.3, -0.25) is 14.4 Å². The number of aliphatic imine (C=N–C) groups is 3. The van der Waals surface area contributed by atoms with Gasteiger partial charge in [0, 0.05) is 40.8 Å². The number of aliphatic carboxylic acids is 3. The lowest BCUT2D eigenvalue weighted by Crippen LogP contribution is -2.70. The molecule has 0 radical (unpaired) electrons. The Kier molecular flexibility index (Phi) is 19.5. The van der Waals surface area contributed by atoms with Gasteiger partial charge in [0.25, 0.3) is 11.3 Å². The number of carboxylic acid groups (broad SMARTS) is 3. The van der Waals surface area contributed by atoms with Crippen LogP contribution in [0.25, 0.3) is 0 Å². The molecule has 3 rings (SSSR count). The van der Waals surface area contributed by atoms with Gasteiger partial charge in [-0.25, -0.2) is 29.4 Å². The van der Waals surface area contributed by atoms with Crippen molar-refractivity contribution in [3.8, 4) is 0 Å². The third kappa shape index (κ3) is 11.6. The molecule has 3 fully saturated rings. The molecule has 3 aliphatic rings. The normalized spacial score (nSPS) is 31.2. The van der Waals surface area contributed by atoms with Gasteiger partial charge in [-0.1, -0.05) is 0 Å². The summed E-state index contributed by atoms with van der Waals surface area (Å²) >= 11 is 0.